The summed E-state index contributed by atoms with van der Waals surface area (Å²) in [6.07, 6.45) is 0.946. The van der Waals surface area contributed by atoms with Gasteiger partial charge in [-0.1, -0.05) is 30.7 Å². The molecule has 1 aromatic carbocycles. The Bertz CT molecular complexity index is 343. The highest BCUT2D eigenvalue weighted by Gasteiger charge is 2.09. The highest BCUT2D eigenvalue weighted by molar-refractivity contribution is 6.30. The summed E-state index contributed by atoms with van der Waals surface area (Å²) >= 11 is 5.87. The maximum atomic E-state index is 6.20. The molecule has 0 aliphatic carbocycles. The van der Waals surface area contributed by atoms with Gasteiger partial charge in [0.1, 0.15) is 0 Å². The number of ether oxygens (including phenoxy) is 1. The van der Waals surface area contributed by atoms with Crippen molar-refractivity contribution in [3.63, 3.8) is 0 Å². The quantitative estimate of drug-likeness (QED) is 0.708. The summed E-state index contributed by atoms with van der Waals surface area (Å²) in [4.78, 5) is 2.37. The van der Waals surface area contributed by atoms with Crippen molar-refractivity contribution in [1.29, 1.82) is 0 Å². The average Bonchev–Trinajstić information content (AvgIpc) is 2.43. The summed E-state index contributed by atoms with van der Waals surface area (Å²) < 4.78 is 5.38. The van der Waals surface area contributed by atoms with E-state index in [-0.39, 0.29) is 6.04 Å². The first kappa shape index (κ1) is 16.4. The lowest BCUT2D eigenvalue weighted by molar-refractivity contribution is 0.114. The molecule has 0 heterocycles. The Hall–Kier alpha value is -0.610. The van der Waals surface area contributed by atoms with E-state index in [9.17, 15) is 0 Å². The molecule has 1 aromatic rings. The molecule has 4 heteroatoms. The van der Waals surface area contributed by atoms with E-state index in [1.807, 2.05) is 31.2 Å². The van der Waals surface area contributed by atoms with Crippen molar-refractivity contribution >= 4 is 11.6 Å². The van der Waals surface area contributed by atoms with Crippen molar-refractivity contribution < 1.29 is 4.74 Å². The molecule has 0 saturated heterocycles. The summed E-state index contributed by atoms with van der Waals surface area (Å²) in [7, 11) is 0. The lowest BCUT2D eigenvalue weighted by atomic mass is 10.0. The van der Waals surface area contributed by atoms with Crippen molar-refractivity contribution in [2.24, 2.45) is 5.73 Å². The van der Waals surface area contributed by atoms with Crippen molar-refractivity contribution in [1.82, 2.24) is 4.90 Å². The zero-order valence-electron chi connectivity index (χ0n) is 11.9. The first-order valence-electron chi connectivity index (χ1n) is 6.98. The molecule has 0 aromatic heterocycles. The Balaban J connectivity index is 2.34. The molecule has 0 fully saturated rings. The first-order valence-corrected chi connectivity index (χ1v) is 7.36. The van der Waals surface area contributed by atoms with Crippen LogP contribution in [0, 0.1) is 0 Å². The minimum atomic E-state index is 0.0680. The van der Waals surface area contributed by atoms with Gasteiger partial charge in [0.15, 0.2) is 0 Å². The van der Waals surface area contributed by atoms with Gasteiger partial charge in [0.25, 0.3) is 0 Å². The fraction of sp³-hybridized carbons (Fsp3) is 0.600. The molecular formula is C15H25ClN2O. The third-order valence-electron chi connectivity index (χ3n) is 3.26. The number of benzene rings is 1. The van der Waals surface area contributed by atoms with Gasteiger partial charge in [0.05, 0.1) is 6.61 Å². The Labute approximate surface area is 121 Å². The van der Waals surface area contributed by atoms with E-state index in [2.05, 4.69) is 11.8 Å². The van der Waals surface area contributed by atoms with E-state index >= 15 is 0 Å². The number of rotatable bonds is 9. The molecule has 108 valence electrons. The second kappa shape index (κ2) is 9.32. The number of hydrogen-bond donors (Lipinski definition) is 1. The first-order chi connectivity index (χ1) is 9.17. The molecule has 0 radical (unpaired) electrons. The van der Waals surface area contributed by atoms with E-state index in [4.69, 9.17) is 22.1 Å². The molecule has 1 unspecified atom stereocenters. The number of nitrogens with two attached hydrogens (primary N) is 1. The lowest BCUT2D eigenvalue weighted by Gasteiger charge is -2.22. The molecule has 0 spiro atoms. The Morgan fingerprint density at radius 3 is 2.47 bits per heavy atom. The van der Waals surface area contributed by atoms with Crippen LogP contribution in [0.4, 0.5) is 0 Å². The smallest absolute Gasteiger partial charge is 0.0593 e. The molecule has 2 N–H and O–H groups in total. The second-order valence-corrected chi connectivity index (χ2v) is 5.01. The monoisotopic (exact) mass is 284 g/mol. The number of nitrogens with zero attached hydrogens (tertiary/aromatic N) is 1. The predicted octanol–water partition coefficient (Wildman–Crippen LogP) is 3.09. The van der Waals surface area contributed by atoms with Crippen molar-refractivity contribution in [2.45, 2.75) is 26.3 Å². The maximum Gasteiger partial charge on any atom is 0.0593 e. The van der Waals surface area contributed by atoms with Gasteiger partial charge in [-0.3, -0.25) is 0 Å². The van der Waals surface area contributed by atoms with Crippen LogP contribution in [0.3, 0.4) is 0 Å². The summed E-state index contributed by atoms with van der Waals surface area (Å²) in [6, 6.07) is 7.86. The van der Waals surface area contributed by atoms with Gasteiger partial charge in [-0.2, -0.15) is 0 Å². The highest BCUT2D eigenvalue weighted by Crippen LogP contribution is 2.17. The zero-order valence-corrected chi connectivity index (χ0v) is 12.7. The molecule has 0 aliphatic rings. The summed E-state index contributed by atoms with van der Waals surface area (Å²) in [5, 5.41) is 0.753. The zero-order chi connectivity index (χ0) is 14.1. The third-order valence-corrected chi connectivity index (χ3v) is 3.51. The van der Waals surface area contributed by atoms with Crippen LogP contribution in [0.5, 0.6) is 0 Å². The Morgan fingerprint density at radius 1 is 1.21 bits per heavy atom. The van der Waals surface area contributed by atoms with Crippen molar-refractivity contribution in [2.75, 3.05) is 32.8 Å². The van der Waals surface area contributed by atoms with Crippen LogP contribution in [-0.4, -0.2) is 37.7 Å². The molecule has 3 nitrogen and oxygen atoms in total. The minimum Gasteiger partial charge on any atom is -0.380 e. The van der Waals surface area contributed by atoms with E-state index in [1.54, 1.807) is 0 Å². The predicted molar refractivity (Wildman–Crippen MR) is 81.6 cm³/mol. The molecule has 19 heavy (non-hydrogen) atoms. The second-order valence-electron chi connectivity index (χ2n) is 4.58. The maximum absolute atomic E-state index is 6.20. The standard InChI is InChI=1S/C15H25ClN2O/c1-3-18(11-12-19-4-2)10-9-15(17)13-5-7-14(16)8-6-13/h5-8,15H,3-4,9-12,17H2,1-2H3. The fourth-order valence-corrected chi connectivity index (χ4v) is 2.09. The van der Waals surface area contributed by atoms with Crippen LogP contribution in [-0.2, 0) is 4.74 Å². The molecule has 1 atom stereocenters. The van der Waals surface area contributed by atoms with Gasteiger partial charge < -0.3 is 15.4 Å². The summed E-state index contributed by atoms with van der Waals surface area (Å²) in [5.74, 6) is 0. The number of hydrogen-bond acceptors (Lipinski definition) is 3. The molecule has 1 rings (SSSR count). The molecule has 0 amide bonds. The van der Waals surface area contributed by atoms with Gasteiger partial charge in [0, 0.05) is 30.8 Å². The van der Waals surface area contributed by atoms with Crippen molar-refractivity contribution in [3.05, 3.63) is 34.9 Å². The van der Waals surface area contributed by atoms with Crippen LogP contribution in [0.15, 0.2) is 24.3 Å². The van der Waals surface area contributed by atoms with E-state index in [1.165, 1.54) is 0 Å². The lowest BCUT2D eigenvalue weighted by Crippen LogP contribution is -2.30. The van der Waals surface area contributed by atoms with Gasteiger partial charge in [-0.15, -0.1) is 0 Å². The Kier molecular flexibility index (Phi) is 8.07. The van der Waals surface area contributed by atoms with Gasteiger partial charge in [0.2, 0.25) is 0 Å². The van der Waals surface area contributed by atoms with E-state index in [0.29, 0.717) is 0 Å². The molecule has 0 bridgehead atoms. The minimum absolute atomic E-state index is 0.0680. The number of halogens is 1. The van der Waals surface area contributed by atoms with Crippen LogP contribution < -0.4 is 5.73 Å². The van der Waals surface area contributed by atoms with Crippen LogP contribution >= 0.6 is 11.6 Å². The SMILES string of the molecule is CCOCCN(CC)CCC(N)c1ccc(Cl)cc1. The largest absolute Gasteiger partial charge is 0.380 e. The summed E-state index contributed by atoms with van der Waals surface area (Å²) in [6.45, 7) is 8.75. The van der Waals surface area contributed by atoms with E-state index < -0.39 is 0 Å². The van der Waals surface area contributed by atoms with E-state index in [0.717, 1.165) is 49.9 Å². The van der Waals surface area contributed by atoms with Crippen LogP contribution in [0.25, 0.3) is 0 Å². The molecule has 0 saturated carbocycles. The normalized spacial score (nSPS) is 12.9. The van der Waals surface area contributed by atoms with Crippen LogP contribution in [0.1, 0.15) is 31.9 Å². The summed E-state index contributed by atoms with van der Waals surface area (Å²) in [5.41, 5.74) is 7.35. The fourth-order valence-electron chi connectivity index (χ4n) is 1.96. The average molecular weight is 285 g/mol. The third kappa shape index (κ3) is 6.39. The Morgan fingerprint density at radius 2 is 1.89 bits per heavy atom. The highest BCUT2D eigenvalue weighted by atomic mass is 35.5. The topological polar surface area (TPSA) is 38.5 Å². The van der Waals surface area contributed by atoms with Gasteiger partial charge in [-0.25, -0.2) is 0 Å². The molecular weight excluding hydrogens is 260 g/mol. The van der Waals surface area contributed by atoms with Gasteiger partial charge in [-0.05, 0) is 37.6 Å². The number of likely N-dealkylation sites (N-methyl/N-ethyl adjacent to an activating group) is 1. The van der Waals surface area contributed by atoms with Gasteiger partial charge >= 0.3 is 0 Å². The van der Waals surface area contributed by atoms with Crippen LogP contribution in [0.2, 0.25) is 5.02 Å². The van der Waals surface area contributed by atoms with Crippen molar-refractivity contribution in [3.8, 4) is 0 Å². The molecule has 0 aliphatic heterocycles.